The molecule has 2 aromatic rings. The summed E-state index contributed by atoms with van der Waals surface area (Å²) in [6.45, 7) is 8.25. The van der Waals surface area contributed by atoms with E-state index in [-0.39, 0.29) is 6.10 Å². The zero-order chi connectivity index (χ0) is 14.4. The zero-order valence-corrected chi connectivity index (χ0v) is 12.6. The molecule has 0 amide bonds. The molecule has 0 aliphatic carbocycles. The molecule has 1 aromatic heterocycles. The van der Waals surface area contributed by atoms with Crippen molar-refractivity contribution in [1.82, 2.24) is 10.3 Å². The number of hydrogen-bond donors (Lipinski definition) is 1. The standard InChI is InChI=1S/C17H24N2O/c1-4-10-18-11-14-12-19-17(20-13(3)5-2)16-9-7-6-8-15(14)16/h6-9,12-13,18H,4-5,10-11H2,1-3H3. The molecule has 3 heteroatoms. The molecular formula is C17H24N2O. The Bertz CT molecular complexity index is 554. The minimum absolute atomic E-state index is 0.190. The highest BCUT2D eigenvalue weighted by Crippen LogP contribution is 2.27. The van der Waals surface area contributed by atoms with E-state index in [0.717, 1.165) is 37.2 Å². The van der Waals surface area contributed by atoms with Gasteiger partial charge in [0.15, 0.2) is 0 Å². The number of fused-ring (bicyclic) bond motifs is 1. The Morgan fingerprint density at radius 2 is 1.95 bits per heavy atom. The van der Waals surface area contributed by atoms with Crippen LogP contribution in [0, 0.1) is 0 Å². The lowest BCUT2D eigenvalue weighted by Crippen LogP contribution is -2.15. The van der Waals surface area contributed by atoms with Gasteiger partial charge in [-0.15, -0.1) is 0 Å². The molecule has 0 aliphatic rings. The van der Waals surface area contributed by atoms with Gasteiger partial charge in [-0.05, 0) is 43.3 Å². The predicted octanol–water partition coefficient (Wildman–Crippen LogP) is 3.91. The zero-order valence-electron chi connectivity index (χ0n) is 12.6. The average Bonchev–Trinajstić information content (AvgIpc) is 2.49. The quantitative estimate of drug-likeness (QED) is 0.776. The molecule has 0 fully saturated rings. The summed E-state index contributed by atoms with van der Waals surface area (Å²) in [6.07, 6.45) is 4.24. The Balaban J connectivity index is 2.31. The van der Waals surface area contributed by atoms with Crippen molar-refractivity contribution in [1.29, 1.82) is 0 Å². The predicted molar refractivity (Wildman–Crippen MR) is 84.1 cm³/mol. The molecule has 0 saturated carbocycles. The monoisotopic (exact) mass is 272 g/mol. The van der Waals surface area contributed by atoms with E-state index in [4.69, 9.17) is 4.74 Å². The van der Waals surface area contributed by atoms with Gasteiger partial charge in [0, 0.05) is 18.1 Å². The van der Waals surface area contributed by atoms with Gasteiger partial charge < -0.3 is 10.1 Å². The molecule has 1 unspecified atom stereocenters. The van der Waals surface area contributed by atoms with Crippen LogP contribution in [0.4, 0.5) is 0 Å². The Labute approximate surface area is 121 Å². The van der Waals surface area contributed by atoms with Crippen LogP contribution in [0.25, 0.3) is 10.8 Å². The SMILES string of the molecule is CCCNCc1cnc(OC(C)CC)c2ccccc12. The first kappa shape index (κ1) is 14.8. The second-order valence-electron chi connectivity index (χ2n) is 5.15. The molecular weight excluding hydrogens is 248 g/mol. The van der Waals surface area contributed by atoms with Crippen molar-refractivity contribution < 1.29 is 4.74 Å². The summed E-state index contributed by atoms with van der Waals surface area (Å²) < 4.78 is 5.93. The smallest absolute Gasteiger partial charge is 0.221 e. The topological polar surface area (TPSA) is 34.2 Å². The number of hydrogen-bond acceptors (Lipinski definition) is 3. The van der Waals surface area contributed by atoms with Crippen molar-refractivity contribution in [3.8, 4) is 5.88 Å². The first-order chi connectivity index (χ1) is 9.76. The number of ether oxygens (including phenoxy) is 1. The van der Waals surface area contributed by atoms with E-state index >= 15 is 0 Å². The number of nitrogens with one attached hydrogen (secondary N) is 1. The molecule has 1 heterocycles. The lowest BCUT2D eigenvalue weighted by molar-refractivity contribution is 0.211. The van der Waals surface area contributed by atoms with Gasteiger partial charge in [-0.3, -0.25) is 0 Å². The van der Waals surface area contributed by atoms with Crippen molar-refractivity contribution in [3.63, 3.8) is 0 Å². The molecule has 0 bridgehead atoms. The number of pyridine rings is 1. The van der Waals surface area contributed by atoms with Crippen molar-refractivity contribution in [2.75, 3.05) is 6.54 Å². The summed E-state index contributed by atoms with van der Waals surface area (Å²) >= 11 is 0. The van der Waals surface area contributed by atoms with E-state index in [0.29, 0.717) is 0 Å². The summed E-state index contributed by atoms with van der Waals surface area (Å²) in [6, 6.07) is 8.34. The molecule has 108 valence electrons. The fourth-order valence-electron chi connectivity index (χ4n) is 2.13. The Morgan fingerprint density at radius 3 is 2.65 bits per heavy atom. The summed E-state index contributed by atoms with van der Waals surface area (Å²) in [4.78, 5) is 4.51. The molecule has 0 radical (unpaired) electrons. The van der Waals surface area contributed by atoms with Crippen molar-refractivity contribution in [2.24, 2.45) is 0 Å². The van der Waals surface area contributed by atoms with Gasteiger partial charge in [0.25, 0.3) is 0 Å². The van der Waals surface area contributed by atoms with Gasteiger partial charge in [-0.25, -0.2) is 4.98 Å². The van der Waals surface area contributed by atoms with E-state index in [9.17, 15) is 0 Å². The molecule has 0 saturated heterocycles. The highest BCUT2D eigenvalue weighted by atomic mass is 16.5. The van der Waals surface area contributed by atoms with Gasteiger partial charge in [0.2, 0.25) is 5.88 Å². The van der Waals surface area contributed by atoms with Crippen LogP contribution in [0.15, 0.2) is 30.5 Å². The Morgan fingerprint density at radius 1 is 1.20 bits per heavy atom. The molecule has 1 aromatic carbocycles. The Kier molecular flexibility index (Phi) is 5.36. The third kappa shape index (κ3) is 3.48. The lowest BCUT2D eigenvalue weighted by atomic mass is 10.1. The first-order valence-electron chi connectivity index (χ1n) is 7.50. The summed E-state index contributed by atoms with van der Waals surface area (Å²) in [5.41, 5.74) is 1.23. The largest absolute Gasteiger partial charge is 0.474 e. The minimum Gasteiger partial charge on any atom is -0.474 e. The maximum absolute atomic E-state index is 5.93. The maximum atomic E-state index is 5.93. The van der Waals surface area contributed by atoms with Gasteiger partial charge in [0.1, 0.15) is 0 Å². The third-order valence-electron chi connectivity index (χ3n) is 3.47. The molecule has 2 rings (SSSR count). The van der Waals surface area contributed by atoms with Crippen LogP contribution < -0.4 is 10.1 Å². The molecule has 1 N–H and O–H groups in total. The molecule has 0 spiro atoms. The highest BCUT2D eigenvalue weighted by Gasteiger charge is 2.10. The summed E-state index contributed by atoms with van der Waals surface area (Å²) in [7, 11) is 0. The van der Waals surface area contributed by atoms with Crippen LogP contribution >= 0.6 is 0 Å². The second-order valence-corrected chi connectivity index (χ2v) is 5.15. The van der Waals surface area contributed by atoms with Crippen LogP contribution in [0.5, 0.6) is 5.88 Å². The first-order valence-corrected chi connectivity index (χ1v) is 7.50. The fraction of sp³-hybridized carbons (Fsp3) is 0.471. The van der Waals surface area contributed by atoms with Crippen LogP contribution in [-0.2, 0) is 6.54 Å². The van der Waals surface area contributed by atoms with E-state index in [1.54, 1.807) is 0 Å². The Hall–Kier alpha value is -1.61. The highest BCUT2D eigenvalue weighted by molar-refractivity contribution is 5.89. The summed E-state index contributed by atoms with van der Waals surface area (Å²) in [5, 5.41) is 5.76. The average molecular weight is 272 g/mol. The van der Waals surface area contributed by atoms with E-state index in [2.05, 4.69) is 49.3 Å². The van der Waals surface area contributed by atoms with Crippen molar-refractivity contribution >= 4 is 10.8 Å². The molecule has 0 aliphatic heterocycles. The van der Waals surface area contributed by atoms with Crippen LogP contribution in [0.1, 0.15) is 39.2 Å². The number of rotatable bonds is 7. The van der Waals surface area contributed by atoms with E-state index < -0.39 is 0 Å². The minimum atomic E-state index is 0.190. The third-order valence-corrected chi connectivity index (χ3v) is 3.47. The maximum Gasteiger partial charge on any atom is 0.221 e. The fourth-order valence-corrected chi connectivity index (χ4v) is 2.13. The van der Waals surface area contributed by atoms with Crippen LogP contribution in [0.3, 0.4) is 0 Å². The number of benzene rings is 1. The lowest BCUT2D eigenvalue weighted by Gasteiger charge is -2.15. The molecule has 1 atom stereocenters. The van der Waals surface area contributed by atoms with E-state index in [1.165, 1.54) is 10.9 Å². The van der Waals surface area contributed by atoms with Crippen LogP contribution in [-0.4, -0.2) is 17.6 Å². The van der Waals surface area contributed by atoms with Crippen LogP contribution in [0.2, 0.25) is 0 Å². The second kappa shape index (κ2) is 7.25. The van der Waals surface area contributed by atoms with Crippen molar-refractivity contribution in [2.45, 2.75) is 46.3 Å². The number of nitrogens with zero attached hydrogens (tertiary/aromatic N) is 1. The normalized spacial score (nSPS) is 12.6. The number of aromatic nitrogens is 1. The van der Waals surface area contributed by atoms with Gasteiger partial charge >= 0.3 is 0 Å². The summed E-state index contributed by atoms with van der Waals surface area (Å²) in [5.74, 6) is 0.745. The van der Waals surface area contributed by atoms with E-state index in [1.807, 2.05) is 12.3 Å². The van der Waals surface area contributed by atoms with Gasteiger partial charge in [-0.2, -0.15) is 0 Å². The van der Waals surface area contributed by atoms with Crippen molar-refractivity contribution in [3.05, 3.63) is 36.0 Å². The van der Waals surface area contributed by atoms with Gasteiger partial charge in [0.05, 0.1) is 6.10 Å². The van der Waals surface area contributed by atoms with Gasteiger partial charge in [-0.1, -0.05) is 32.0 Å². The molecule has 20 heavy (non-hydrogen) atoms. The molecule has 3 nitrogen and oxygen atoms in total.